The fourth-order valence-corrected chi connectivity index (χ4v) is 3.85. The highest BCUT2D eigenvalue weighted by Gasteiger charge is 2.37. The van der Waals surface area contributed by atoms with Crippen molar-refractivity contribution in [1.29, 1.82) is 0 Å². The Bertz CT molecular complexity index is 836. The van der Waals surface area contributed by atoms with Crippen LogP contribution in [0.25, 0.3) is 0 Å². The lowest BCUT2D eigenvalue weighted by molar-refractivity contribution is 0.199. The molecule has 1 saturated heterocycles. The van der Waals surface area contributed by atoms with Gasteiger partial charge in [0.1, 0.15) is 11.6 Å². The minimum absolute atomic E-state index is 0.191. The largest absolute Gasteiger partial charge is 0.340 e. The summed E-state index contributed by atoms with van der Waals surface area (Å²) in [7, 11) is -3.20. The fraction of sp³-hybridized carbons (Fsp3) is 0.375. The fourth-order valence-electron chi connectivity index (χ4n) is 2.73. The predicted octanol–water partition coefficient (Wildman–Crippen LogP) is 2.54. The number of anilines is 2. The third kappa shape index (κ3) is 3.35. The van der Waals surface area contributed by atoms with Crippen LogP contribution in [0.3, 0.4) is 0 Å². The van der Waals surface area contributed by atoms with Crippen LogP contribution in [0.4, 0.5) is 11.5 Å². The molecule has 1 atom stereocenters. The number of sulfonamides is 1. The van der Waals surface area contributed by atoms with Gasteiger partial charge in [-0.3, -0.25) is 0 Å². The summed E-state index contributed by atoms with van der Waals surface area (Å²) >= 11 is 0. The van der Waals surface area contributed by atoms with Crippen LogP contribution >= 0.6 is 0 Å². The lowest BCUT2D eigenvalue weighted by Gasteiger charge is -2.38. The maximum absolute atomic E-state index is 11.8. The summed E-state index contributed by atoms with van der Waals surface area (Å²) < 4.78 is 25.0. The number of aromatic nitrogens is 2. The van der Waals surface area contributed by atoms with Crippen molar-refractivity contribution in [3.8, 4) is 0 Å². The van der Waals surface area contributed by atoms with E-state index < -0.39 is 10.0 Å². The topological polar surface area (TPSA) is 75.2 Å². The minimum atomic E-state index is -3.20. The minimum Gasteiger partial charge on any atom is -0.340 e. The maximum Gasteiger partial charge on any atom is 0.211 e. The highest BCUT2D eigenvalue weighted by Crippen LogP contribution is 2.35. The molecule has 1 N–H and O–H groups in total. The molecule has 1 aromatic carbocycles. The van der Waals surface area contributed by atoms with Crippen molar-refractivity contribution in [2.75, 3.05) is 18.1 Å². The lowest BCUT2D eigenvalue weighted by atomic mass is 10.0. The Labute approximate surface area is 136 Å². The molecule has 3 rings (SSSR count). The van der Waals surface area contributed by atoms with Gasteiger partial charge in [-0.25, -0.2) is 18.4 Å². The highest BCUT2D eigenvalue weighted by atomic mass is 32.2. The molecule has 23 heavy (non-hydrogen) atoms. The van der Waals surface area contributed by atoms with E-state index in [0.717, 1.165) is 23.4 Å². The number of para-hydroxylation sites is 1. The smallest absolute Gasteiger partial charge is 0.211 e. The van der Waals surface area contributed by atoms with Crippen molar-refractivity contribution >= 4 is 21.5 Å². The van der Waals surface area contributed by atoms with Crippen molar-refractivity contribution in [2.24, 2.45) is 0 Å². The molecule has 0 radical (unpaired) electrons. The molecule has 2 heterocycles. The van der Waals surface area contributed by atoms with E-state index in [-0.39, 0.29) is 6.04 Å². The van der Waals surface area contributed by atoms with Gasteiger partial charge >= 0.3 is 0 Å². The molecule has 0 spiro atoms. The van der Waals surface area contributed by atoms with Gasteiger partial charge in [-0.2, -0.15) is 4.31 Å². The van der Waals surface area contributed by atoms with Gasteiger partial charge in [0, 0.05) is 18.3 Å². The van der Waals surface area contributed by atoms with Crippen LogP contribution in [-0.2, 0) is 10.0 Å². The summed E-state index contributed by atoms with van der Waals surface area (Å²) in [6, 6.07) is 9.59. The highest BCUT2D eigenvalue weighted by molar-refractivity contribution is 7.88. The first kappa shape index (κ1) is 15.9. The molecule has 1 aliphatic heterocycles. The van der Waals surface area contributed by atoms with Gasteiger partial charge in [0.2, 0.25) is 10.0 Å². The summed E-state index contributed by atoms with van der Waals surface area (Å²) in [5, 5.41) is 3.29. The Morgan fingerprint density at radius 2 is 1.96 bits per heavy atom. The first-order valence-electron chi connectivity index (χ1n) is 7.49. The van der Waals surface area contributed by atoms with Gasteiger partial charge in [-0.1, -0.05) is 18.2 Å². The van der Waals surface area contributed by atoms with Gasteiger partial charge < -0.3 is 5.32 Å². The Hall–Kier alpha value is -1.99. The van der Waals surface area contributed by atoms with Crippen molar-refractivity contribution in [2.45, 2.75) is 26.3 Å². The van der Waals surface area contributed by atoms with Crippen LogP contribution in [-0.4, -0.2) is 35.5 Å². The van der Waals surface area contributed by atoms with Crippen LogP contribution in [0.5, 0.6) is 0 Å². The Morgan fingerprint density at radius 1 is 1.22 bits per heavy atom. The van der Waals surface area contributed by atoms with Crippen molar-refractivity contribution in [3.05, 3.63) is 47.4 Å². The first-order chi connectivity index (χ1) is 10.8. The summed E-state index contributed by atoms with van der Waals surface area (Å²) in [5.74, 6) is 1.31. The van der Waals surface area contributed by atoms with E-state index in [0.29, 0.717) is 18.2 Å². The molecule has 1 fully saturated rings. The number of benzene rings is 1. The molecule has 7 heteroatoms. The molecule has 0 aliphatic carbocycles. The summed E-state index contributed by atoms with van der Waals surface area (Å²) in [6.07, 6.45) is 2.02. The predicted molar refractivity (Wildman–Crippen MR) is 90.1 cm³/mol. The molecule has 0 amide bonds. The second-order valence-electron chi connectivity index (χ2n) is 5.84. The Kier molecular flexibility index (Phi) is 4.08. The zero-order valence-corrected chi connectivity index (χ0v) is 14.3. The molecule has 0 unspecified atom stereocenters. The van der Waals surface area contributed by atoms with E-state index in [2.05, 4.69) is 15.3 Å². The molecule has 1 aromatic heterocycles. The standard InChI is InChI=1S/C16H20N4O2S/c1-11-6-4-5-7-13(11)19-16-10-14(17-12(2)18-16)15-8-9-20(15)23(3,21)22/h4-7,10,15H,8-9H2,1-3H3,(H,17,18,19)/t15-/m1/s1. The average Bonchev–Trinajstić information content (AvgIpc) is 2.37. The monoisotopic (exact) mass is 332 g/mol. The Balaban J connectivity index is 1.90. The molecule has 6 nitrogen and oxygen atoms in total. The van der Waals surface area contributed by atoms with Gasteiger partial charge in [0.25, 0.3) is 0 Å². The average molecular weight is 332 g/mol. The molecular formula is C16H20N4O2S. The number of nitrogens with one attached hydrogen (secondary N) is 1. The zero-order chi connectivity index (χ0) is 16.6. The van der Waals surface area contributed by atoms with Crippen LogP contribution < -0.4 is 5.32 Å². The van der Waals surface area contributed by atoms with E-state index in [4.69, 9.17) is 0 Å². The van der Waals surface area contributed by atoms with Crippen LogP contribution in [0, 0.1) is 13.8 Å². The van der Waals surface area contributed by atoms with Crippen LogP contribution in [0.1, 0.15) is 29.5 Å². The second-order valence-corrected chi connectivity index (χ2v) is 7.78. The van der Waals surface area contributed by atoms with E-state index >= 15 is 0 Å². The molecule has 0 saturated carbocycles. The molecular weight excluding hydrogens is 312 g/mol. The van der Waals surface area contributed by atoms with Crippen LogP contribution in [0.15, 0.2) is 30.3 Å². The SMILES string of the molecule is Cc1nc(Nc2ccccc2C)cc([C@H]2CCN2S(C)(=O)=O)n1. The van der Waals surface area contributed by atoms with Crippen molar-refractivity contribution < 1.29 is 8.42 Å². The van der Waals surface area contributed by atoms with Gasteiger partial charge in [0.15, 0.2) is 0 Å². The molecule has 1 aliphatic rings. The second kappa shape index (κ2) is 5.90. The van der Waals surface area contributed by atoms with E-state index in [1.54, 1.807) is 0 Å². The van der Waals surface area contributed by atoms with E-state index in [1.807, 2.05) is 44.2 Å². The number of hydrogen-bond donors (Lipinski definition) is 1. The Morgan fingerprint density at radius 3 is 2.57 bits per heavy atom. The third-order valence-corrected chi connectivity index (χ3v) is 5.29. The number of aryl methyl sites for hydroxylation is 2. The van der Waals surface area contributed by atoms with Gasteiger partial charge in [-0.05, 0) is 31.9 Å². The van der Waals surface area contributed by atoms with E-state index in [1.165, 1.54) is 10.6 Å². The third-order valence-electron chi connectivity index (χ3n) is 4.00. The number of nitrogens with zero attached hydrogens (tertiary/aromatic N) is 3. The molecule has 2 aromatic rings. The molecule has 122 valence electrons. The normalized spacial score (nSPS) is 18.5. The van der Waals surface area contributed by atoms with Gasteiger partial charge in [0.05, 0.1) is 18.0 Å². The summed E-state index contributed by atoms with van der Waals surface area (Å²) in [4.78, 5) is 8.83. The van der Waals surface area contributed by atoms with Gasteiger partial charge in [-0.15, -0.1) is 0 Å². The zero-order valence-electron chi connectivity index (χ0n) is 13.4. The lowest BCUT2D eigenvalue weighted by Crippen LogP contribution is -2.44. The first-order valence-corrected chi connectivity index (χ1v) is 9.34. The van der Waals surface area contributed by atoms with E-state index in [9.17, 15) is 8.42 Å². The summed E-state index contributed by atoms with van der Waals surface area (Å²) in [5.41, 5.74) is 2.84. The summed E-state index contributed by atoms with van der Waals surface area (Å²) in [6.45, 7) is 4.39. The van der Waals surface area contributed by atoms with Crippen molar-refractivity contribution in [1.82, 2.24) is 14.3 Å². The quantitative estimate of drug-likeness (QED) is 0.931. The van der Waals surface area contributed by atoms with Crippen LogP contribution in [0.2, 0.25) is 0 Å². The molecule has 0 bridgehead atoms. The maximum atomic E-state index is 11.8. The number of hydrogen-bond acceptors (Lipinski definition) is 5. The van der Waals surface area contributed by atoms with Crippen molar-refractivity contribution in [3.63, 3.8) is 0 Å². The number of rotatable bonds is 4.